The Morgan fingerprint density at radius 2 is 2.14 bits per heavy atom. The fourth-order valence-electron chi connectivity index (χ4n) is 2.63. The number of hydrogen-bond donors (Lipinski definition) is 1. The Morgan fingerprint density at radius 1 is 1.43 bits per heavy atom. The van der Waals surface area contributed by atoms with E-state index in [1.807, 2.05) is 22.7 Å². The van der Waals surface area contributed by atoms with E-state index in [1.54, 1.807) is 0 Å². The summed E-state index contributed by atoms with van der Waals surface area (Å²) in [5.74, 6) is 0.288. The molecular formula is C15H27N5O. The van der Waals surface area contributed by atoms with Gasteiger partial charge >= 0.3 is 0 Å². The summed E-state index contributed by atoms with van der Waals surface area (Å²) in [6.45, 7) is 8.71. The van der Waals surface area contributed by atoms with E-state index in [-0.39, 0.29) is 5.91 Å². The zero-order valence-electron chi connectivity index (χ0n) is 13.4. The first kappa shape index (κ1) is 15.9. The molecule has 2 heterocycles. The highest BCUT2D eigenvalue weighted by molar-refractivity contribution is 5.76. The summed E-state index contributed by atoms with van der Waals surface area (Å²) in [4.78, 5) is 13.9. The molecule has 6 nitrogen and oxygen atoms in total. The number of rotatable bonds is 6. The maximum atomic E-state index is 11.9. The number of amides is 1. The van der Waals surface area contributed by atoms with Crippen molar-refractivity contribution in [2.75, 3.05) is 13.1 Å². The molecule has 0 atom stereocenters. The lowest BCUT2D eigenvalue weighted by Gasteiger charge is -2.31. The first-order chi connectivity index (χ1) is 10.1. The number of nitrogens with zero attached hydrogens (tertiary/aromatic N) is 4. The number of carbonyl (C=O) groups is 1. The summed E-state index contributed by atoms with van der Waals surface area (Å²) < 4.78 is 1.97. The Hall–Kier alpha value is -1.43. The van der Waals surface area contributed by atoms with Gasteiger partial charge in [-0.2, -0.15) is 0 Å². The molecule has 1 N–H and O–H groups in total. The van der Waals surface area contributed by atoms with Crippen LogP contribution in [0.2, 0.25) is 0 Å². The van der Waals surface area contributed by atoms with Crippen molar-refractivity contribution < 1.29 is 4.79 Å². The fourth-order valence-corrected chi connectivity index (χ4v) is 2.63. The van der Waals surface area contributed by atoms with Gasteiger partial charge in [-0.05, 0) is 19.3 Å². The molecule has 1 aliphatic heterocycles. The van der Waals surface area contributed by atoms with Crippen LogP contribution in [-0.4, -0.2) is 44.9 Å². The van der Waals surface area contributed by atoms with Crippen molar-refractivity contribution in [2.24, 2.45) is 0 Å². The van der Waals surface area contributed by atoms with E-state index < -0.39 is 0 Å². The number of piperidine rings is 1. The molecule has 0 unspecified atom stereocenters. The molecule has 21 heavy (non-hydrogen) atoms. The van der Waals surface area contributed by atoms with E-state index in [4.69, 9.17) is 0 Å². The van der Waals surface area contributed by atoms with Crippen LogP contribution in [0.5, 0.6) is 0 Å². The molecule has 0 saturated carbocycles. The smallest absolute Gasteiger partial charge is 0.222 e. The van der Waals surface area contributed by atoms with Gasteiger partial charge in [-0.15, -0.1) is 5.10 Å². The molecule has 1 fully saturated rings. The molecule has 1 aromatic heterocycles. The molecular weight excluding hydrogens is 266 g/mol. The van der Waals surface area contributed by atoms with Crippen LogP contribution in [0, 0.1) is 0 Å². The van der Waals surface area contributed by atoms with Gasteiger partial charge < -0.3 is 10.2 Å². The Bertz CT molecular complexity index is 449. The molecule has 0 bridgehead atoms. The van der Waals surface area contributed by atoms with Gasteiger partial charge in [0, 0.05) is 32.1 Å². The van der Waals surface area contributed by atoms with Crippen LogP contribution in [0.15, 0.2) is 6.20 Å². The number of nitrogens with one attached hydrogen (secondary N) is 1. The summed E-state index contributed by atoms with van der Waals surface area (Å²) in [6.07, 6.45) is 5.56. The zero-order valence-corrected chi connectivity index (χ0v) is 13.4. The van der Waals surface area contributed by atoms with Gasteiger partial charge in [-0.1, -0.05) is 26.0 Å². The van der Waals surface area contributed by atoms with Gasteiger partial charge in [-0.25, -0.2) is 4.68 Å². The minimum Gasteiger partial charge on any atom is -0.343 e. The van der Waals surface area contributed by atoms with Crippen LogP contribution in [0.25, 0.3) is 0 Å². The van der Waals surface area contributed by atoms with Crippen LogP contribution in [0.1, 0.15) is 58.2 Å². The molecule has 2 rings (SSSR count). The van der Waals surface area contributed by atoms with Crippen molar-refractivity contribution in [2.45, 2.75) is 65.1 Å². The van der Waals surface area contributed by atoms with Gasteiger partial charge in [0.15, 0.2) is 0 Å². The third-order valence-corrected chi connectivity index (χ3v) is 3.90. The van der Waals surface area contributed by atoms with E-state index in [1.165, 1.54) is 0 Å². The molecule has 0 aliphatic carbocycles. The van der Waals surface area contributed by atoms with Crippen LogP contribution in [-0.2, 0) is 11.3 Å². The second kappa shape index (κ2) is 7.54. The van der Waals surface area contributed by atoms with Crippen molar-refractivity contribution in [3.05, 3.63) is 11.9 Å². The highest BCUT2D eigenvalue weighted by atomic mass is 16.2. The Balaban J connectivity index is 1.83. The van der Waals surface area contributed by atoms with Crippen molar-refractivity contribution >= 4 is 5.91 Å². The SMILES string of the molecule is CCCC(=O)N1CCC(n2cc(CNC(C)C)nn2)CC1. The van der Waals surface area contributed by atoms with E-state index in [0.29, 0.717) is 18.5 Å². The third kappa shape index (κ3) is 4.52. The van der Waals surface area contributed by atoms with E-state index in [2.05, 4.69) is 29.5 Å². The maximum Gasteiger partial charge on any atom is 0.222 e. The number of hydrogen-bond acceptors (Lipinski definition) is 4. The topological polar surface area (TPSA) is 63.1 Å². The number of carbonyl (C=O) groups excluding carboxylic acids is 1. The third-order valence-electron chi connectivity index (χ3n) is 3.90. The van der Waals surface area contributed by atoms with E-state index in [9.17, 15) is 4.79 Å². The van der Waals surface area contributed by atoms with E-state index in [0.717, 1.165) is 44.6 Å². The van der Waals surface area contributed by atoms with Gasteiger partial charge in [0.1, 0.15) is 0 Å². The standard InChI is InChI=1S/C15H27N5O/c1-4-5-15(21)19-8-6-14(7-9-19)20-11-13(17-18-20)10-16-12(2)3/h11-12,14,16H,4-10H2,1-3H3. The van der Waals surface area contributed by atoms with Crippen LogP contribution in [0.3, 0.4) is 0 Å². The average Bonchev–Trinajstić information content (AvgIpc) is 2.94. The van der Waals surface area contributed by atoms with Gasteiger partial charge in [0.05, 0.1) is 17.9 Å². The summed E-state index contributed by atoms with van der Waals surface area (Å²) in [6, 6.07) is 0.818. The molecule has 1 aromatic rings. The number of likely N-dealkylation sites (tertiary alicyclic amines) is 1. The zero-order chi connectivity index (χ0) is 15.2. The van der Waals surface area contributed by atoms with Crippen molar-refractivity contribution in [3.63, 3.8) is 0 Å². The van der Waals surface area contributed by atoms with Gasteiger partial charge in [-0.3, -0.25) is 4.79 Å². The fraction of sp³-hybridized carbons (Fsp3) is 0.800. The second-order valence-corrected chi connectivity index (χ2v) is 6.09. The largest absolute Gasteiger partial charge is 0.343 e. The van der Waals surface area contributed by atoms with Crippen LogP contribution in [0.4, 0.5) is 0 Å². The normalized spacial score (nSPS) is 16.7. The highest BCUT2D eigenvalue weighted by Gasteiger charge is 2.24. The van der Waals surface area contributed by atoms with E-state index >= 15 is 0 Å². The molecule has 118 valence electrons. The van der Waals surface area contributed by atoms with Crippen molar-refractivity contribution in [1.29, 1.82) is 0 Å². The average molecular weight is 293 g/mol. The molecule has 0 spiro atoms. The molecule has 6 heteroatoms. The summed E-state index contributed by atoms with van der Waals surface area (Å²) in [5, 5.41) is 11.8. The summed E-state index contributed by atoms with van der Waals surface area (Å²) >= 11 is 0. The lowest BCUT2D eigenvalue weighted by atomic mass is 10.0. The lowest BCUT2D eigenvalue weighted by Crippen LogP contribution is -2.39. The van der Waals surface area contributed by atoms with Gasteiger partial charge in [0.2, 0.25) is 5.91 Å². The monoisotopic (exact) mass is 293 g/mol. The first-order valence-corrected chi connectivity index (χ1v) is 8.02. The van der Waals surface area contributed by atoms with Crippen molar-refractivity contribution in [3.8, 4) is 0 Å². The number of aromatic nitrogens is 3. The van der Waals surface area contributed by atoms with Crippen molar-refractivity contribution in [1.82, 2.24) is 25.2 Å². The highest BCUT2D eigenvalue weighted by Crippen LogP contribution is 2.22. The summed E-state index contributed by atoms with van der Waals surface area (Å²) in [5.41, 5.74) is 0.980. The quantitative estimate of drug-likeness (QED) is 0.868. The van der Waals surface area contributed by atoms with Crippen LogP contribution >= 0.6 is 0 Å². The van der Waals surface area contributed by atoms with Gasteiger partial charge in [0.25, 0.3) is 0 Å². The second-order valence-electron chi connectivity index (χ2n) is 6.09. The maximum absolute atomic E-state index is 11.9. The Morgan fingerprint density at radius 3 is 2.76 bits per heavy atom. The predicted molar refractivity (Wildman–Crippen MR) is 81.8 cm³/mol. The first-order valence-electron chi connectivity index (χ1n) is 8.02. The minimum absolute atomic E-state index is 0.288. The Labute approximate surface area is 126 Å². The molecule has 1 saturated heterocycles. The van der Waals surface area contributed by atoms with Crippen LogP contribution < -0.4 is 5.32 Å². The molecule has 1 amide bonds. The molecule has 1 aliphatic rings. The Kier molecular flexibility index (Phi) is 5.73. The molecule has 0 aromatic carbocycles. The summed E-state index contributed by atoms with van der Waals surface area (Å²) in [7, 11) is 0. The lowest BCUT2D eigenvalue weighted by molar-refractivity contribution is -0.132. The minimum atomic E-state index is 0.288. The predicted octanol–water partition coefficient (Wildman–Crippen LogP) is 1.74. The molecule has 0 radical (unpaired) electrons.